The maximum atomic E-state index is 14.0. The molecule has 0 bridgehead atoms. The average Bonchev–Trinajstić information content (AvgIpc) is 2.75. The summed E-state index contributed by atoms with van der Waals surface area (Å²) in [6.45, 7) is 1.44. The number of ether oxygens (including phenoxy) is 1. The lowest BCUT2D eigenvalue weighted by atomic mass is 9.85. The molecule has 8 nitrogen and oxygen atoms in total. The number of hydrogen-bond acceptors (Lipinski definition) is 6. The second kappa shape index (κ2) is 11.2. The van der Waals surface area contributed by atoms with Gasteiger partial charge in [0.25, 0.3) is 5.91 Å². The van der Waals surface area contributed by atoms with Crippen LogP contribution in [0.2, 0.25) is 0 Å². The first-order valence-electron chi connectivity index (χ1n) is 12.0. The van der Waals surface area contributed by atoms with E-state index in [2.05, 4.69) is 10.0 Å². The summed E-state index contributed by atoms with van der Waals surface area (Å²) in [5.41, 5.74) is 5.94. The third-order valence-electron chi connectivity index (χ3n) is 7.33. The lowest BCUT2D eigenvalue weighted by Crippen LogP contribution is -2.53. The molecule has 3 aliphatic rings. The van der Waals surface area contributed by atoms with E-state index in [0.29, 0.717) is 25.7 Å². The standard InChI is InChI=1S/C22H38FN3O5S/c1-14-19(24)11-16(23)12-20(14)32(29,30)26-18-9-5-6-15(10-18)22(28)31-13-21(27)25-17-7-3-2-4-8-17/h14-20,26H,2-13,24H2,1H3,(H,25,27)/t14?,15?,16-,18?,19+,20?/m1/s1. The maximum absolute atomic E-state index is 14.0. The molecule has 0 saturated heterocycles. The van der Waals surface area contributed by atoms with E-state index in [-0.39, 0.29) is 37.3 Å². The van der Waals surface area contributed by atoms with E-state index >= 15 is 0 Å². The van der Waals surface area contributed by atoms with Gasteiger partial charge in [0, 0.05) is 18.1 Å². The smallest absolute Gasteiger partial charge is 0.309 e. The Kier molecular flexibility index (Phi) is 8.91. The Morgan fingerprint density at radius 1 is 1.00 bits per heavy atom. The molecule has 0 radical (unpaired) electrons. The van der Waals surface area contributed by atoms with Crippen molar-refractivity contribution in [1.29, 1.82) is 0 Å². The van der Waals surface area contributed by atoms with Crippen LogP contribution in [0.15, 0.2) is 0 Å². The fourth-order valence-electron chi connectivity index (χ4n) is 5.36. The highest BCUT2D eigenvalue weighted by atomic mass is 32.2. The molecular weight excluding hydrogens is 437 g/mol. The SMILES string of the molecule is CC1C(S(=O)(=O)NC2CCCC(C(=O)OCC(=O)NC3CCCCC3)C2)C[C@H](F)C[C@@H]1N. The molecule has 3 fully saturated rings. The Bertz CT molecular complexity index is 759. The molecule has 4 unspecified atom stereocenters. The largest absolute Gasteiger partial charge is 0.455 e. The van der Waals surface area contributed by atoms with Gasteiger partial charge < -0.3 is 15.8 Å². The highest BCUT2D eigenvalue weighted by molar-refractivity contribution is 7.90. The number of sulfonamides is 1. The van der Waals surface area contributed by atoms with Gasteiger partial charge in [0.05, 0.1) is 11.2 Å². The minimum absolute atomic E-state index is 0.0570. The first kappa shape index (κ1) is 25.4. The number of hydrogen-bond donors (Lipinski definition) is 3. The molecule has 10 heteroatoms. The summed E-state index contributed by atoms with van der Waals surface area (Å²) in [5.74, 6) is -1.56. The van der Waals surface area contributed by atoms with Gasteiger partial charge in [-0.3, -0.25) is 9.59 Å². The van der Waals surface area contributed by atoms with Crippen molar-refractivity contribution in [2.24, 2.45) is 17.6 Å². The summed E-state index contributed by atoms with van der Waals surface area (Å²) < 4.78 is 47.8. The summed E-state index contributed by atoms with van der Waals surface area (Å²) in [5, 5.41) is 2.04. The van der Waals surface area contributed by atoms with Crippen molar-refractivity contribution in [3.05, 3.63) is 0 Å². The summed E-state index contributed by atoms with van der Waals surface area (Å²) in [7, 11) is -3.78. The second-order valence-corrected chi connectivity index (χ2v) is 11.8. The number of amides is 1. The number of nitrogens with one attached hydrogen (secondary N) is 2. The Morgan fingerprint density at radius 3 is 2.41 bits per heavy atom. The van der Waals surface area contributed by atoms with Crippen LogP contribution < -0.4 is 15.8 Å². The van der Waals surface area contributed by atoms with Crippen LogP contribution in [-0.2, 0) is 24.3 Å². The fraction of sp³-hybridized carbons (Fsp3) is 0.909. The van der Waals surface area contributed by atoms with Gasteiger partial charge in [-0.25, -0.2) is 17.5 Å². The third-order valence-corrected chi connectivity index (χ3v) is 9.41. The fourth-order valence-corrected chi connectivity index (χ4v) is 7.44. The molecule has 1 amide bonds. The predicted molar refractivity (Wildman–Crippen MR) is 119 cm³/mol. The minimum Gasteiger partial charge on any atom is -0.455 e. The molecule has 0 aromatic heterocycles. The number of nitrogens with two attached hydrogens (primary N) is 1. The monoisotopic (exact) mass is 475 g/mol. The molecule has 0 spiro atoms. The van der Waals surface area contributed by atoms with Gasteiger partial charge in [-0.1, -0.05) is 32.6 Å². The molecule has 0 heterocycles. The summed E-state index contributed by atoms with van der Waals surface area (Å²) in [6, 6.07) is -0.748. The second-order valence-electron chi connectivity index (χ2n) is 9.86. The Balaban J connectivity index is 1.47. The van der Waals surface area contributed by atoms with Crippen LogP contribution in [0.25, 0.3) is 0 Å². The normalized spacial score (nSPS) is 34.6. The van der Waals surface area contributed by atoms with Crippen LogP contribution in [0.5, 0.6) is 0 Å². The zero-order chi connectivity index (χ0) is 23.3. The lowest BCUT2D eigenvalue weighted by Gasteiger charge is -2.37. The third kappa shape index (κ3) is 6.87. The van der Waals surface area contributed by atoms with Crippen molar-refractivity contribution in [3.8, 4) is 0 Å². The van der Waals surface area contributed by atoms with Crippen molar-refractivity contribution < 1.29 is 27.1 Å². The molecule has 3 saturated carbocycles. The maximum Gasteiger partial charge on any atom is 0.309 e. The van der Waals surface area contributed by atoms with Crippen molar-refractivity contribution >= 4 is 21.9 Å². The van der Waals surface area contributed by atoms with Crippen LogP contribution in [0.1, 0.15) is 77.6 Å². The quantitative estimate of drug-likeness (QED) is 0.483. The number of esters is 1. The van der Waals surface area contributed by atoms with Crippen LogP contribution >= 0.6 is 0 Å². The van der Waals surface area contributed by atoms with E-state index in [1.807, 2.05) is 0 Å². The number of halogens is 1. The van der Waals surface area contributed by atoms with Crippen molar-refractivity contribution in [2.45, 2.75) is 107 Å². The summed E-state index contributed by atoms with van der Waals surface area (Å²) >= 11 is 0. The zero-order valence-corrected chi connectivity index (χ0v) is 19.7. The van der Waals surface area contributed by atoms with Crippen LogP contribution in [-0.4, -0.2) is 56.4 Å². The molecule has 3 rings (SSSR count). The van der Waals surface area contributed by atoms with Crippen LogP contribution in [0.3, 0.4) is 0 Å². The van der Waals surface area contributed by atoms with E-state index in [4.69, 9.17) is 10.5 Å². The first-order chi connectivity index (χ1) is 15.2. The van der Waals surface area contributed by atoms with Crippen molar-refractivity contribution in [3.63, 3.8) is 0 Å². The average molecular weight is 476 g/mol. The number of alkyl halides is 1. The first-order valence-corrected chi connectivity index (χ1v) is 13.6. The van der Waals surface area contributed by atoms with Gasteiger partial charge >= 0.3 is 5.97 Å². The lowest BCUT2D eigenvalue weighted by molar-refractivity contribution is -0.154. The molecule has 6 atom stereocenters. The topological polar surface area (TPSA) is 128 Å². The molecule has 3 aliphatic carbocycles. The predicted octanol–water partition coefficient (Wildman–Crippen LogP) is 1.92. The number of rotatable bonds is 7. The number of carbonyl (C=O) groups is 2. The van der Waals surface area contributed by atoms with Crippen LogP contribution in [0.4, 0.5) is 4.39 Å². The summed E-state index contributed by atoms with van der Waals surface area (Å²) in [6.07, 6.45) is 6.39. The molecule has 4 N–H and O–H groups in total. The van der Waals surface area contributed by atoms with E-state index in [1.54, 1.807) is 6.92 Å². The van der Waals surface area contributed by atoms with Gasteiger partial charge in [-0.05, 0) is 50.9 Å². The molecule has 0 aromatic rings. The minimum atomic E-state index is -3.78. The Labute approximate surface area is 190 Å². The van der Waals surface area contributed by atoms with Gasteiger partial charge in [0.2, 0.25) is 10.0 Å². The highest BCUT2D eigenvalue weighted by Crippen LogP contribution is 2.32. The van der Waals surface area contributed by atoms with Gasteiger partial charge in [-0.15, -0.1) is 0 Å². The molecule has 0 aliphatic heterocycles. The Morgan fingerprint density at radius 2 is 1.69 bits per heavy atom. The van der Waals surface area contributed by atoms with E-state index < -0.39 is 45.4 Å². The van der Waals surface area contributed by atoms with Crippen molar-refractivity contribution in [1.82, 2.24) is 10.0 Å². The van der Waals surface area contributed by atoms with E-state index in [0.717, 1.165) is 25.7 Å². The van der Waals surface area contributed by atoms with Crippen molar-refractivity contribution in [2.75, 3.05) is 6.61 Å². The zero-order valence-electron chi connectivity index (χ0n) is 18.9. The number of carbonyl (C=O) groups excluding carboxylic acids is 2. The highest BCUT2D eigenvalue weighted by Gasteiger charge is 2.42. The van der Waals surface area contributed by atoms with Crippen LogP contribution in [0, 0.1) is 11.8 Å². The van der Waals surface area contributed by atoms with Gasteiger partial charge in [0.1, 0.15) is 6.17 Å². The Hall–Kier alpha value is -1.26. The molecule has 184 valence electrons. The van der Waals surface area contributed by atoms with E-state index in [1.165, 1.54) is 6.42 Å². The molecular formula is C22H38FN3O5S. The van der Waals surface area contributed by atoms with E-state index in [9.17, 15) is 22.4 Å². The molecule has 0 aromatic carbocycles. The van der Waals surface area contributed by atoms with Gasteiger partial charge in [-0.2, -0.15) is 0 Å². The summed E-state index contributed by atoms with van der Waals surface area (Å²) in [4.78, 5) is 24.6. The van der Waals surface area contributed by atoms with Gasteiger partial charge in [0.15, 0.2) is 6.61 Å². The molecule has 32 heavy (non-hydrogen) atoms.